The summed E-state index contributed by atoms with van der Waals surface area (Å²) in [7, 11) is 0. The first-order valence-electron chi connectivity index (χ1n) is 7.27. The number of amides is 2. The highest BCUT2D eigenvalue weighted by molar-refractivity contribution is 8.15. The van der Waals surface area contributed by atoms with Crippen LogP contribution < -0.4 is 20.1 Å². The van der Waals surface area contributed by atoms with Crippen molar-refractivity contribution in [3.63, 3.8) is 0 Å². The number of nitrogens with zero attached hydrogens (tertiary/aromatic N) is 2. The Hall–Kier alpha value is -2.55. The van der Waals surface area contributed by atoms with E-state index < -0.39 is 5.25 Å². The summed E-state index contributed by atoms with van der Waals surface area (Å²) in [5.74, 6) is 0.718. The van der Waals surface area contributed by atoms with Gasteiger partial charge < -0.3 is 20.1 Å². The molecular formula is C15H16N4O4S. The Morgan fingerprint density at radius 3 is 2.96 bits per heavy atom. The maximum atomic E-state index is 12.1. The molecule has 2 aliphatic heterocycles. The van der Waals surface area contributed by atoms with Crippen LogP contribution in [0.1, 0.15) is 20.3 Å². The number of thioether (sulfide) groups is 1. The summed E-state index contributed by atoms with van der Waals surface area (Å²) in [6.07, 6.45) is 0.0405. The predicted molar refractivity (Wildman–Crippen MR) is 91.6 cm³/mol. The summed E-state index contributed by atoms with van der Waals surface area (Å²) < 4.78 is 10.5. The maximum Gasteiger partial charge on any atom is 0.240 e. The van der Waals surface area contributed by atoms with Gasteiger partial charge in [0, 0.05) is 23.9 Å². The molecule has 2 N–H and O–H groups in total. The molecule has 0 bridgehead atoms. The molecule has 1 aromatic rings. The molecule has 1 saturated heterocycles. The SMILES string of the molecule is CC(C)=N/N=C1\NC(=O)[C@H](CC(=O)Nc2ccc3c(c2)OCO3)S1. The van der Waals surface area contributed by atoms with Crippen molar-refractivity contribution < 1.29 is 19.1 Å². The molecule has 1 fully saturated rings. The van der Waals surface area contributed by atoms with Gasteiger partial charge >= 0.3 is 0 Å². The molecule has 8 nitrogen and oxygen atoms in total. The minimum atomic E-state index is -0.523. The van der Waals surface area contributed by atoms with E-state index in [4.69, 9.17) is 9.47 Å². The molecule has 0 unspecified atom stereocenters. The topological polar surface area (TPSA) is 101 Å². The zero-order chi connectivity index (χ0) is 17.1. The number of hydrogen-bond acceptors (Lipinski definition) is 7. The molecule has 0 aromatic heterocycles. The van der Waals surface area contributed by atoms with E-state index in [1.807, 2.05) is 13.8 Å². The lowest BCUT2D eigenvalue weighted by Gasteiger charge is -2.08. The molecule has 9 heteroatoms. The van der Waals surface area contributed by atoms with Crippen molar-refractivity contribution in [2.75, 3.05) is 12.1 Å². The predicted octanol–water partition coefficient (Wildman–Crippen LogP) is 1.73. The van der Waals surface area contributed by atoms with E-state index in [2.05, 4.69) is 20.8 Å². The second kappa shape index (κ2) is 6.91. The molecule has 0 aliphatic carbocycles. The standard InChI is InChI=1S/C15H16N4O4S/c1-8(2)18-19-15-17-14(21)12(24-15)6-13(20)16-9-3-4-10-11(5-9)23-7-22-10/h3-5,12H,6-7H2,1-2H3,(H,16,20)(H,17,19,21)/t12-/m0/s1. The van der Waals surface area contributed by atoms with Crippen molar-refractivity contribution in [2.45, 2.75) is 25.5 Å². The average Bonchev–Trinajstić information content (AvgIpc) is 3.11. The average molecular weight is 348 g/mol. The molecule has 0 radical (unpaired) electrons. The number of carbonyl (C=O) groups is 2. The van der Waals surface area contributed by atoms with Crippen LogP contribution >= 0.6 is 11.8 Å². The van der Waals surface area contributed by atoms with E-state index >= 15 is 0 Å². The van der Waals surface area contributed by atoms with Crippen LogP contribution in [0, 0.1) is 0 Å². The van der Waals surface area contributed by atoms with Crippen molar-refractivity contribution >= 4 is 40.1 Å². The first-order valence-corrected chi connectivity index (χ1v) is 8.15. The van der Waals surface area contributed by atoms with Crippen molar-refractivity contribution in [1.82, 2.24) is 5.32 Å². The summed E-state index contributed by atoms with van der Waals surface area (Å²) in [5.41, 5.74) is 1.37. The van der Waals surface area contributed by atoms with Crippen molar-refractivity contribution in [3.05, 3.63) is 18.2 Å². The smallest absolute Gasteiger partial charge is 0.240 e. The van der Waals surface area contributed by atoms with Crippen LogP contribution in [0.4, 0.5) is 5.69 Å². The Labute approximate surface area is 142 Å². The molecule has 2 heterocycles. The monoisotopic (exact) mass is 348 g/mol. The van der Waals surface area contributed by atoms with E-state index in [9.17, 15) is 9.59 Å². The van der Waals surface area contributed by atoms with Gasteiger partial charge in [0.05, 0.1) is 0 Å². The third kappa shape index (κ3) is 3.85. The Morgan fingerprint density at radius 2 is 2.17 bits per heavy atom. The first kappa shape index (κ1) is 16.3. The second-order valence-corrected chi connectivity index (χ2v) is 6.56. The lowest BCUT2D eigenvalue weighted by molar-refractivity contribution is -0.122. The Kier molecular flexibility index (Phi) is 4.70. The van der Waals surface area contributed by atoms with Crippen LogP contribution in [0.5, 0.6) is 11.5 Å². The molecule has 126 valence electrons. The van der Waals surface area contributed by atoms with Crippen LogP contribution in [0.3, 0.4) is 0 Å². The van der Waals surface area contributed by atoms with Gasteiger partial charge in [-0.2, -0.15) is 5.10 Å². The number of benzene rings is 1. The lowest BCUT2D eigenvalue weighted by atomic mass is 10.2. The van der Waals surface area contributed by atoms with Crippen LogP contribution in [-0.4, -0.2) is 34.7 Å². The number of hydrogen-bond donors (Lipinski definition) is 2. The summed E-state index contributed by atoms with van der Waals surface area (Å²) in [6, 6.07) is 5.14. The summed E-state index contributed by atoms with van der Waals surface area (Å²) in [6.45, 7) is 3.79. The summed E-state index contributed by atoms with van der Waals surface area (Å²) >= 11 is 1.20. The second-order valence-electron chi connectivity index (χ2n) is 5.37. The van der Waals surface area contributed by atoms with Crippen molar-refractivity contribution in [2.24, 2.45) is 10.2 Å². The van der Waals surface area contributed by atoms with Gasteiger partial charge in [0.15, 0.2) is 16.7 Å². The molecule has 3 rings (SSSR count). The van der Waals surface area contributed by atoms with Gasteiger partial charge in [-0.25, -0.2) is 0 Å². The van der Waals surface area contributed by atoms with Crippen LogP contribution in [0.2, 0.25) is 0 Å². The molecule has 2 amide bonds. The van der Waals surface area contributed by atoms with E-state index in [0.717, 1.165) is 5.71 Å². The molecular weight excluding hydrogens is 332 g/mol. The fourth-order valence-corrected chi connectivity index (χ4v) is 3.00. The molecule has 0 spiro atoms. The highest BCUT2D eigenvalue weighted by Gasteiger charge is 2.32. The molecule has 1 aromatic carbocycles. The van der Waals surface area contributed by atoms with Crippen LogP contribution in [0.25, 0.3) is 0 Å². The minimum absolute atomic E-state index is 0.0405. The van der Waals surface area contributed by atoms with E-state index in [1.165, 1.54) is 11.8 Å². The molecule has 0 saturated carbocycles. The Bertz CT molecular complexity index is 743. The van der Waals surface area contributed by atoms with Gasteiger partial charge in [-0.15, -0.1) is 5.10 Å². The van der Waals surface area contributed by atoms with Gasteiger partial charge in [0.1, 0.15) is 5.25 Å². The number of amidine groups is 1. The maximum absolute atomic E-state index is 12.1. The van der Waals surface area contributed by atoms with Crippen LogP contribution in [-0.2, 0) is 9.59 Å². The normalized spacial score (nSPS) is 20.0. The summed E-state index contributed by atoms with van der Waals surface area (Å²) in [4.78, 5) is 24.0. The van der Waals surface area contributed by atoms with Gasteiger partial charge in [-0.1, -0.05) is 11.8 Å². The lowest BCUT2D eigenvalue weighted by Crippen LogP contribution is -2.28. The quantitative estimate of drug-likeness (QED) is 0.637. The van der Waals surface area contributed by atoms with Gasteiger partial charge in [-0.05, 0) is 26.0 Å². The summed E-state index contributed by atoms with van der Waals surface area (Å²) in [5, 5.41) is 13.1. The van der Waals surface area contributed by atoms with E-state index in [-0.39, 0.29) is 25.0 Å². The van der Waals surface area contributed by atoms with Crippen LogP contribution in [0.15, 0.2) is 28.4 Å². The number of anilines is 1. The van der Waals surface area contributed by atoms with Gasteiger partial charge in [0.25, 0.3) is 0 Å². The van der Waals surface area contributed by atoms with Crippen molar-refractivity contribution in [1.29, 1.82) is 0 Å². The number of fused-ring (bicyclic) bond motifs is 1. The highest BCUT2D eigenvalue weighted by atomic mass is 32.2. The number of rotatable bonds is 4. The number of carbonyl (C=O) groups excluding carboxylic acids is 2. The molecule has 1 atom stereocenters. The van der Waals surface area contributed by atoms with Gasteiger partial charge in [0.2, 0.25) is 18.6 Å². The molecule has 24 heavy (non-hydrogen) atoms. The molecule has 2 aliphatic rings. The Balaban J connectivity index is 1.58. The number of ether oxygens (including phenoxy) is 2. The third-order valence-electron chi connectivity index (χ3n) is 3.14. The van der Waals surface area contributed by atoms with Gasteiger partial charge in [-0.3, -0.25) is 9.59 Å². The van der Waals surface area contributed by atoms with E-state index in [0.29, 0.717) is 22.4 Å². The first-order chi connectivity index (χ1) is 11.5. The zero-order valence-electron chi connectivity index (χ0n) is 13.2. The largest absolute Gasteiger partial charge is 0.454 e. The van der Waals surface area contributed by atoms with Crippen molar-refractivity contribution in [3.8, 4) is 11.5 Å². The third-order valence-corrected chi connectivity index (χ3v) is 4.22. The van der Waals surface area contributed by atoms with E-state index in [1.54, 1.807) is 18.2 Å². The number of nitrogens with one attached hydrogen (secondary N) is 2. The fraction of sp³-hybridized carbons (Fsp3) is 0.333. The minimum Gasteiger partial charge on any atom is -0.454 e. The fourth-order valence-electron chi connectivity index (χ4n) is 2.09. The zero-order valence-corrected chi connectivity index (χ0v) is 14.0. The highest BCUT2D eigenvalue weighted by Crippen LogP contribution is 2.34. The Morgan fingerprint density at radius 1 is 1.38 bits per heavy atom.